The maximum atomic E-state index is 13.8. The second kappa shape index (κ2) is 6.34. The van der Waals surface area contributed by atoms with Gasteiger partial charge in [0.25, 0.3) is 0 Å². The zero-order chi connectivity index (χ0) is 13.7. The fraction of sp³-hybridized carbons (Fsp3) is 0.300. The highest BCUT2D eigenvalue weighted by Crippen LogP contribution is 2.21. The topological polar surface area (TPSA) is 113 Å². The van der Waals surface area contributed by atoms with Gasteiger partial charge in [-0.2, -0.15) is 0 Å². The summed E-state index contributed by atoms with van der Waals surface area (Å²) in [6.45, 7) is -0.481. The molecule has 1 aromatic rings. The number of hydrogen-bond donors (Lipinski definition) is 4. The summed E-state index contributed by atoms with van der Waals surface area (Å²) in [6, 6.07) is 2.94. The molecule has 0 heterocycles. The Morgan fingerprint density at radius 3 is 2.72 bits per heavy atom. The van der Waals surface area contributed by atoms with E-state index in [-0.39, 0.29) is 17.7 Å². The van der Waals surface area contributed by atoms with Crippen molar-refractivity contribution in [3.8, 4) is 5.75 Å². The first-order chi connectivity index (χ1) is 8.41. The van der Waals surface area contributed by atoms with Crippen LogP contribution in [0.2, 0.25) is 0 Å². The number of carboxylic acids is 1. The first-order valence-electron chi connectivity index (χ1n) is 5.16. The van der Waals surface area contributed by atoms with Gasteiger partial charge in [0.1, 0.15) is 12.5 Å². The maximum absolute atomic E-state index is 13.8. The highest BCUT2D eigenvalue weighted by atomic mass is 19.1. The Hall–Kier alpha value is -1.64. The van der Waals surface area contributed by atoms with Gasteiger partial charge in [0.2, 0.25) is 0 Å². The summed E-state index contributed by atoms with van der Waals surface area (Å²) in [6.07, 6.45) is -0.181. The zero-order valence-corrected chi connectivity index (χ0v) is 9.41. The number of rotatable bonds is 6. The molecule has 1 aromatic carbocycles. The molecule has 1 atom stereocenters. The van der Waals surface area contributed by atoms with Crippen molar-refractivity contribution in [1.29, 1.82) is 0 Å². The lowest BCUT2D eigenvalue weighted by Crippen LogP contribution is -2.32. The first kappa shape index (κ1) is 14.4. The van der Waals surface area contributed by atoms with Crippen molar-refractivity contribution in [2.75, 3.05) is 6.51 Å². The molecule has 1 rings (SSSR count). The molecule has 0 amide bonds. The third-order valence-corrected chi connectivity index (χ3v) is 2.19. The Kier molecular flexibility index (Phi) is 5.08. The molecule has 0 aromatic heterocycles. The Bertz CT molecular complexity index is 429. The van der Waals surface area contributed by atoms with Crippen LogP contribution in [0.4, 0.5) is 4.39 Å². The Balaban J connectivity index is 2.81. The van der Waals surface area contributed by atoms with Gasteiger partial charge in [-0.25, -0.2) is 4.39 Å². The lowest BCUT2D eigenvalue weighted by Gasteiger charge is -2.11. The van der Waals surface area contributed by atoms with Gasteiger partial charge in [0.05, 0.1) is 0 Å². The summed E-state index contributed by atoms with van der Waals surface area (Å²) < 4.78 is 18.6. The molecule has 6 nitrogen and oxygen atoms in total. The molecule has 0 aliphatic heterocycles. The minimum absolute atomic E-state index is 0.0924. The molecule has 1 unspecified atom stereocenters. The molecule has 0 bridgehead atoms. The predicted molar refractivity (Wildman–Crippen MR) is 61.4 cm³/mol. The molecule has 0 spiro atoms. The third-order valence-electron chi connectivity index (χ3n) is 2.19. The van der Waals surface area contributed by atoms with Gasteiger partial charge >= 0.3 is 13.1 Å². The largest absolute Gasteiger partial charge is 0.493 e. The van der Waals surface area contributed by atoms with E-state index in [4.69, 9.17) is 25.6 Å². The lowest BCUT2D eigenvalue weighted by molar-refractivity contribution is -0.138. The summed E-state index contributed by atoms with van der Waals surface area (Å²) in [5.74, 6) is -2.17. The van der Waals surface area contributed by atoms with Crippen molar-refractivity contribution in [3.05, 3.63) is 29.6 Å². The quantitative estimate of drug-likeness (QED) is 0.495. The number of carbonyl (C=O) groups is 1. The molecule has 98 valence electrons. The summed E-state index contributed by atoms with van der Waals surface area (Å²) in [7, 11) is -1.71. The van der Waals surface area contributed by atoms with Crippen molar-refractivity contribution in [1.82, 2.24) is 0 Å². The van der Waals surface area contributed by atoms with Gasteiger partial charge in [-0.05, 0) is 11.6 Å². The Morgan fingerprint density at radius 1 is 1.50 bits per heavy atom. The van der Waals surface area contributed by atoms with Crippen molar-refractivity contribution in [2.45, 2.75) is 12.5 Å². The second-order valence-corrected chi connectivity index (χ2v) is 3.67. The molecule has 0 saturated carbocycles. The highest BCUT2D eigenvalue weighted by molar-refractivity contribution is 6.40. The van der Waals surface area contributed by atoms with Gasteiger partial charge in [0.15, 0.2) is 11.6 Å². The van der Waals surface area contributed by atoms with Crippen LogP contribution in [0.1, 0.15) is 5.56 Å². The van der Waals surface area contributed by atoms with Gasteiger partial charge in [0, 0.05) is 6.42 Å². The molecular formula is C10H13BFNO5. The van der Waals surface area contributed by atoms with Gasteiger partial charge in [-0.3, -0.25) is 4.79 Å². The fourth-order valence-corrected chi connectivity index (χ4v) is 1.31. The van der Waals surface area contributed by atoms with E-state index in [9.17, 15) is 9.18 Å². The van der Waals surface area contributed by atoms with E-state index >= 15 is 0 Å². The molecule has 0 aliphatic rings. The molecule has 0 radical (unpaired) electrons. The number of ether oxygens (including phenoxy) is 1. The maximum Gasteiger partial charge on any atom is 0.491 e. The SMILES string of the molecule is NC(Cc1cccc(OCB(O)O)c1F)C(=O)O. The lowest BCUT2D eigenvalue weighted by atomic mass is 9.95. The number of benzene rings is 1. The molecule has 18 heavy (non-hydrogen) atoms. The Labute approximate surface area is 103 Å². The van der Waals surface area contributed by atoms with E-state index in [1.54, 1.807) is 0 Å². The van der Waals surface area contributed by atoms with Gasteiger partial charge < -0.3 is 25.6 Å². The molecule has 0 fully saturated rings. The van der Waals surface area contributed by atoms with Crippen LogP contribution in [0.15, 0.2) is 18.2 Å². The number of carboxylic acid groups (broad SMARTS) is 1. The molecule has 0 aliphatic carbocycles. The van der Waals surface area contributed by atoms with E-state index in [1.807, 2.05) is 0 Å². The molecular weight excluding hydrogens is 244 g/mol. The zero-order valence-electron chi connectivity index (χ0n) is 9.41. The van der Waals surface area contributed by atoms with Crippen LogP contribution in [0.3, 0.4) is 0 Å². The number of aliphatic carboxylic acids is 1. The van der Waals surface area contributed by atoms with Crippen LogP contribution in [0, 0.1) is 5.82 Å². The van der Waals surface area contributed by atoms with Gasteiger partial charge in [-0.1, -0.05) is 12.1 Å². The minimum atomic E-state index is -1.71. The number of halogens is 1. The smallest absolute Gasteiger partial charge is 0.491 e. The van der Waals surface area contributed by atoms with E-state index in [1.165, 1.54) is 18.2 Å². The normalized spacial score (nSPS) is 12.0. The minimum Gasteiger partial charge on any atom is -0.493 e. The van der Waals surface area contributed by atoms with E-state index < -0.39 is 31.5 Å². The summed E-state index contributed by atoms with van der Waals surface area (Å²) in [5, 5.41) is 25.8. The van der Waals surface area contributed by atoms with Crippen LogP contribution in [0.5, 0.6) is 5.75 Å². The van der Waals surface area contributed by atoms with Crippen LogP contribution < -0.4 is 10.5 Å². The predicted octanol–water partition coefficient (Wildman–Crippen LogP) is -0.829. The number of hydrogen-bond acceptors (Lipinski definition) is 5. The summed E-state index contributed by atoms with van der Waals surface area (Å²) in [4.78, 5) is 10.6. The van der Waals surface area contributed by atoms with E-state index in [2.05, 4.69) is 0 Å². The van der Waals surface area contributed by atoms with Crippen molar-refractivity contribution >= 4 is 13.1 Å². The van der Waals surface area contributed by atoms with Gasteiger partial charge in [-0.15, -0.1) is 0 Å². The number of nitrogens with two attached hydrogens (primary N) is 1. The summed E-state index contributed by atoms with van der Waals surface area (Å²) >= 11 is 0. The average molecular weight is 257 g/mol. The van der Waals surface area contributed by atoms with Crippen LogP contribution >= 0.6 is 0 Å². The van der Waals surface area contributed by atoms with E-state index in [0.29, 0.717) is 0 Å². The monoisotopic (exact) mass is 257 g/mol. The van der Waals surface area contributed by atoms with Crippen molar-refractivity contribution in [3.63, 3.8) is 0 Å². The highest BCUT2D eigenvalue weighted by Gasteiger charge is 2.18. The van der Waals surface area contributed by atoms with Crippen molar-refractivity contribution < 1.29 is 29.1 Å². The molecule has 0 saturated heterocycles. The van der Waals surface area contributed by atoms with Crippen LogP contribution in [-0.2, 0) is 11.2 Å². The molecule has 8 heteroatoms. The third kappa shape index (κ3) is 3.99. The molecule has 5 N–H and O–H groups in total. The standard InChI is InChI=1S/C10H13BFNO5/c12-9-6(4-7(13)10(14)15)2-1-3-8(9)18-5-11(16)17/h1-3,7,16-17H,4-5,13H2,(H,14,15). The second-order valence-electron chi connectivity index (χ2n) is 3.67. The van der Waals surface area contributed by atoms with Crippen LogP contribution in [0.25, 0.3) is 0 Å². The first-order valence-corrected chi connectivity index (χ1v) is 5.16. The van der Waals surface area contributed by atoms with E-state index in [0.717, 1.165) is 0 Å². The Morgan fingerprint density at radius 2 is 2.17 bits per heavy atom. The average Bonchev–Trinajstić information content (AvgIpc) is 2.29. The summed E-state index contributed by atoms with van der Waals surface area (Å²) in [5.41, 5.74) is 5.40. The van der Waals surface area contributed by atoms with Crippen LogP contribution in [-0.4, -0.2) is 40.8 Å². The van der Waals surface area contributed by atoms with Crippen molar-refractivity contribution in [2.24, 2.45) is 5.73 Å². The fourth-order valence-electron chi connectivity index (χ4n) is 1.31.